The maximum absolute atomic E-state index is 12.9. The predicted molar refractivity (Wildman–Crippen MR) is 109 cm³/mol. The summed E-state index contributed by atoms with van der Waals surface area (Å²) in [5.41, 5.74) is 3.15. The van der Waals surface area contributed by atoms with Gasteiger partial charge in [-0.25, -0.2) is 0 Å². The maximum Gasteiger partial charge on any atom is 0.185 e. The zero-order valence-electron chi connectivity index (χ0n) is 16.6. The molecule has 3 rings (SSSR count). The van der Waals surface area contributed by atoms with Gasteiger partial charge in [-0.3, -0.25) is 4.79 Å². The van der Waals surface area contributed by atoms with Crippen molar-refractivity contribution < 1.29 is 23.7 Å². The van der Waals surface area contributed by atoms with Crippen LogP contribution in [-0.4, -0.2) is 34.2 Å². The Kier molecular flexibility index (Phi) is 6.04. The van der Waals surface area contributed by atoms with Crippen LogP contribution in [0, 0.1) is 0 Å². The highest BCUT2D eigenvalue weighted by molar-refractivity contribution is 6.15. The number of carbonyl (C=O) groups excluding carboxylic acids is 1. The van der Waals surface area contributed by atoms with E-state index in [1.54, 1.807) is 28.4 Å². The van der Waals surface area contributed by atoms with Gasteiger partial charge in [0.05, 0.1) is 28.4 Å². The van der Waals surface area contributed by atoms with Crippen molar-refractivity contribution in [3.63, 3.8) is 0 Å². The van der Waals surface area contributed by atoms with E-state index in [4.69, 9.17) is 18.9 Å². The Morgan fingerprint density at radius 3 is 2.04 bits per heavy atom. The van der Waals surface area contributed by atoms with Crippen LogP contribution in [0.1, 0.15) is 24.0 Å². The van der Waals surface area contributed by atoms with Crippen molar-refractivity contribution in [2.24, 2.45) is 0 Å². The summed E-state index contributed by atoms with van der Waals surface area (Å²) in [6, 6.07) is 11.2. The lowest BCUT2D eigenvalue weighted by molar-refractivity contribution is -0.111. The molecule has 0 spiro atoms. The lowest BCUT2D eigenvalue weighted by atomic mass is 10.1. The normalized spacial score (nSPS) is 16.5. The van der Waals surface area contributed by atoms with Gasteiger partial charge in [0, 0.05) is 22.3 Å². The summed E-state index contributed by atoms with van der Waals surface area (Å²) >= 11 is 0. The monoisotopic (exact) mass is 380 g/mol. The van der Waals surface area contributed by atoms with Crippen LogP contribution in [-0.2, 0) is 4.79 Å². The molecule has 146 valence electrons. The summed E-state index contributed by atoms with van der Waals surface area (Å²) < 4.78 is 21.5. The third kappa shape index (κ3) is 3.88. The molecule has 1 aliphatic carbocycles. The molecule has 0 radical (unpaired) electrons. The number of methoxy groups -OCH3 is 4. The average Bonchev–Trinajstić information content (AvgIpc) is 3.07. The molecular formula is C23H24O5. The Bertz CT molecular complexity index is 918. The second kappa shape index (κ2) is 8.65. The van der Waals surface area contributed by atoms with E-state index in [2.05, 4.69) is 0 Å². The molecule has 0 unspecified atom stereocenters. The Labute approximate surface area is 165 Å². The SMILES string of the molecule is COc1ccc(OC)c(/C=C2\CC/C(=C\c3cccc(OC)c3OC)C2=O)c1. The van der Waals surface area contributed by atoms with Gasteiger partial charge in [-0.2, -0.15) is 0 Å². The van der Waals surface area contributed by atoms with Crippen molar-refractivity contribution in [2.45, 2.75) is 12.8 Å². The first kappa shape index (κ1) is 19.5. The molecule has 0 saturated heterocycles. The number of hydrogen-bond acceptors (Lipinski definition) is 5. The number of allylic oxidation sites excluding steroid dienone is 2. The molecule has 2 aromatic carbocycles. The minimum Gasteiger partial charge on any atom is -0.497 e. The smallest absolute Gasteiger partial charge is 0.185 e. The van der Waals surface area contributed by atoms with Gasteiger partial charge in [-0.15, -0.1) is 0 Å². The first-order chi connectivity index (χ1) is 13.6. The van der Waals surface area contributed by atoms with Crippen LogP contribution in [0.2, 0.25) is 0 Å². The molecular weight excluding hydrogens is 356 g/mol. The molecule has 1 saturated carbocycles. The molecule has 1 fully saturated rings. The van der Waals surface area contributed by atoms with Crippen LogP contribution in [0.4, 0.5) is 0 Å². The highest BCUT2D eigenvalue weighted by Crippen LogP contribution is 2.36. The number of carbonyl (C=O) groups is 1. The molecule has 0 N–H and O–H groups in total. The predicted octanol–water partition coefficient (Wildman–Crippen LogP) is 4.55. The Morgan fingerprint density at radius 2 is 1.43 bits per heavy atom. The van der Waals surface area contributed by atoms with Crippen LogP contribution < -0.4 is 18.9 Å². The van der Waals surface area contributed by atoms with E-state index in [-0.39, 0.29) is 5.78 Å². The van der Waals surface area contributed by atoms with E-state index in [0.29, 0.717) is 30.1 Å². The summed E-state index contributed by atoms with van der Waals surface area (Å²) in [7, 11) is 6.41. The Morgan fingerprint density at radius 1 is 0.750 bits per heavy atom. The van der Waals surface area contributed by atoms with Crippen LogP contribution in [0.15, 0.2) is 47.5 Å². The summed E-state index contributed by atoms with van der Waals surface area (Å²) in [4.78, 5) is 12.9. The average molecular weight is 380 g/mol. The topological polar surface area (TPSA) is 54.0 Å². The lowest BCUT2D eigenvalue weighted by Gasteiger charge is -2.10. The van der Waals surface area contributed by atoms with Crippen LogP contribution in [0.25, 0.3) is 12.2 Å². The molecule has 5 heteroatoms. The quantitative estimate of drug-likeness (QED) is 0.688. The molecule has 0 aromatic heterocycles. The number of rotatable bonds is 6. The lowest BCUT2D eigenvalue weighted by Crippen LogP contribution is -1.98. The minimum absolute atomic E-state index is 0.0368. The first-order valence-electron chi connectivity index (χ1n) is 9.00. The summed E-state index contributed by atoms with van der Waals surface area (Å²) in [5.74, 6) is 2.72. The molecule has 0 bridgehead atoms. The fraction of sp³-hybridized carbons (Fsp3) is 0.261. The van der Waals surface area contributed by atoms with Gasteiger partial charge in [0.1, 0.15) is 11.5 Å². The molecule has 2 aromatic rings. The largest absolute Gasteiger partial charge is 0.497 e. The van der Waals surface area contributed by atoms with E-state index in [1.807, 2.05) is 48.6 Å². The van der Waals surface area contributed by atoms with Crippen molar-refractivity contribution in [3.8, 4) is 23.0 Å². The third-order valence-corrected chi connectivity index (χ3v) is 4.78. The molecule has 0 aliphatic heterocycles. The Balaban J connectivity index is 1.94. The minimum atomic E-state index is 0.0368. The van der Waals surface area contributed by atoms with Crippen molar-refractivity contribution in [1.82, 2.24) is 0 Å². The van der Waals surface area contributed by atoms with Gasteiger partial charge in [-0.1, -0.05) is 12.1 Å². The molecule has 0 heterocycles. The van der Waals surface area contributed by atoms with Crippen molar-refractivity contribution in [2.75, 3.05) is 28.4 Å². The zero-order chi connectivity index (χ0) is 20.1. The highest BCUT2D eigenvalue weighted by Gasteiger charge is 2.24. The zero-order valence-corrected chi connectivity index (χ0v) is 16.6. The molecule has 28 heavy (non-hydrogen) atoms. The third-order valence-electron chi connectivity index (χ3n) is 4.78. The summed E-state index contributed by atoms with van der Waals surface area (Å²) in [6.07, 6.45) is 5.12. The van der Waals surface area contributed by atoms with Gasteiger partial charge in [0.25, 0.3) is 0 Å². The van der Waals surface area contributed by atoms with E-state index in [9.17, 15) is 4.79 Å². The molecule has 5 nitrogen and oxygen atoms in total. The fourth-order valence-corrected chi connectivity index (χ4v) is 3.33. The molecule has 0 amide bonds. The maximum atomic E-state index is 12.9. The van der Waals surface area contributed by atoms with E-state index < -0.39 is 0 Å². The Hall–Kier alpha value is -3.21. The van der Waals surface area contributed by atoms with E-state index in [0.717, 1.165) is 28.0 Å². The van der Waals surface area contributed by atoms with Crippen LogP contribution >= 0.6 is 0 Å². The first-order valence-corrected chi connectivity index (χ1v) is 9.00. The number of Topliss-reactive ketones (excluding diaryl/α,β-unsaturated/α-hetero) is 1. The summed E-state index contributed by atoms with van der Waals surface area (Å²) in [6.45, 7) is 0. The number of ketones is 1. The number of ether oxygens (including phenoxy) is 4. The van der Waals surface area contributed by atoms with Crippen LogP contribution in [0.5, 0.6) is 23.0 Å². The van der Waals surface area contributed by atoms with Gasteiger partial charge >= 0.3 is 0 Å². The van der Waals surface area contributed by atoms with E-state index >= 15 is 0 Å². The van der Waals surface area contributed by atoms with E-state index in [1.165, 1.54) is 0 Å². The van der Waals surface area contributed by atoms with Gasteiger partial charge in [0.2, 0.25) is 0 Å². The van der Waals surface area contributed by atoms with Gasteiger partial charge in [0.15, 0.2) is 17.3 Å². The highest BCUT2D eigenvalue weighted by atomic mass is 16.5. The van der Waals surface area contributed by atoms with Crippen molar-refractivity contribution in [3.05, 3.63) is 58.7 Å². The number of para-hydroxylation sites is 1. The number of hydrogen-bond donors (Lipinski definition) is 0. The molecule has 1 aliphatic rings. The summed E-state index contributed by atoms with van der Waals surface area (Å²) in [5, 5.41) is 0. The van der Waals surface area contributed by atoms with Crippen molar-refractivity contribution in [1.29, 1.82) is 0 Å². The second-order valence-corrected chi connectivity index (χ2v) is 6.36. The molecule has 0 atom stereocenters. The fourth-order valence-electron chi connectivity index (χ4n) is 3.33. The van der Waals surface area contributed by atoms with Crippen LogP contribution in [0.3, 0.4) is 0 Å². The van der Waals surface area contributed by atoms with Gasteiger partial charge < -0.3 is 18.9 Å². The van der Waals surface area contributed by atoms with Crippen molar-refractivity contribution >= 4 is 17.9 Å². The standard InChI is InChI=1S/C23H24O5/c1-25-19-10-11-20(26-2)18(14-19)13-16-9-8-15(22(16)24)12-17-6-5-7-21(27-3)23(17)28-4/h5-7,10-14H,8-9H2,1-4H3/b15-12+,16-13+. The number of benzene rings is 2. The van der Waals surface area contributed by atoms with Gasteiger partial charge in [-0.05, 0) is 49.3 Å². The second-order valence-electron chi connectivity index (χ2n) is 6.36.